The van der Waals surface area contributed by atoms with Crippen LogP contribution in [0.4, 0.5) is 0 Å². The highest BCUT2D eigenvalue weighted by molar-refractivity contribution is 7.58. The van der Waals surface area contributed by atoms with E-state index < -0.39 is 0 Å². The minimum atomic E-state index is 0.639. The van der Waals surface area contributed by atoms with Gasteiger partial charge in [-0.15, -0.1) is 0 Å². The van der Waals surface area contributed by atoms with Crippen molar-refractivity contribution < 1.29 is 0 Å². The molecule has 0 amide bonds. The van der Waals surface area contributed by atoms with Gasteiger partial charge in [-0.1, -0.05) is 21.0 Å². The molecule has 0 rings (SSSR count). The first-order valence-corrected chi connectivity index (χ1v) is 4.74. The lowest BCUT2D eigenvalue weighted by Gasteiger charge is -1.87. The van der Waals surface area contributed by atoms with Crippen LogP contribution in [0.15, 0.2) is 12.2 Å². The van der Waals surface area contributed by atoms with E-state index >= 15 is 0 Å². The summed E-state index contributed by atoms with van der Waals surface area (Å²) in [4.78, 5) is 0. The second-order valence-corrected chi connectivity index (χ2v) is 2.89. The molecule has 0 aromatic carbocycles. The van der Waals surface area contributed by atoms with Gasteiger partial charge in [0.15, 0.2) is 0 Å². The van der Waals surface area contributed by atoms with E-state index in [1.165, 1.54) is 7.17 Å². The first-order valence-electron chi connectivity index (χ1n) is 3.24. The molecule has 0 heterocycles. The summed E-state index contributed by atoms with van der Waals surface area (Å²) in [6.07, 6.45) is 5.08. The van der Waals surface area contributed by atoms with Gasteiger partial charge >= 0.3 is 0 Å². The fourth-order valence-electron chi connectivity index (χ4n) is 0.451. The van der Waals surface area contributed by atoms with Crippen LogP contribution >= 0.6 is 8.58 Å². The van der Waals surface area contributed by atoms with Crippen LogP contribution < -0.4 is 0 Å². The molecule has 4 heteroatoms. The first kappa shape index (κ1) is 8.97. The fraction of sp³-hybridized carbons (Fsp3) is 0.400. The fourth-order valence-corrected chi connectivity index (χ4v) is 0.736. The van der Waals surface area contributed by atoms with E-state index in [0.29, 0.717) is 8.58 Å². The van der Waals surface area contributed by atoms with E-state index in [2.05, 4.69) is 13.8 Å². The van der Waals surface area contributed by atoms with E-state index in [9.17, 15) is 0 Å². The molecule has 0 aromatic heterocycles. The van der Waals surface area contributed by atoms with Crippen molar-refractivity contribution in [2.24, 2.45) is 0 Å². The minimum Gasteiger partial charge on any atom is -0.301 e. The third-order valence-corrected chi connectivity index (χ3v) is 1.71. The quantitative estimate of drug-likeness (QED) is 0.327. The van der Waals surface area contributed by atoms with E-state index in [-0.39, 0.29) is 0 Å². The van der Waals surface area contributed by atoms with Crippen LogP contribution in [-0.4, -0.2) is 27.0 Å². The Morgan fingerprint density at radius 3 is 3.00 bits per heavy atom. The minimum absolute atomic E-state index is 0.639. The molecule has 0 aliphatic rings. The molecule has 0 saturated heterocycles. The number of rotatable bonds is 4. The molecule has 0 saturated carbocycles. The normalized spacial score (nSPS) is 11.2. The van der Waals surface area contributed by atoms with Crippen molar-refractivity contribution in [3.05, 3.63) is 12.2 Å². The SMILES string of the molecule is BBC/C=C/C(=N)PC. The Morgan fingerprint density at radius 1 is 1.89 bits per heavy atom. The lowest BCUT2D eigenvalue weighted by molar-refractivity contribution is 1.56. The Hall–Kier alpha value is -0.0301. The summed E-state index contributed by atoms with van der Waals surface area (Å²) in [5.74, 6) is 0. The molecular formula is C5H12B2NP. The summed E-state index contributed by atoms with van der Waals surface area (Å²) >= 11 is 0. The van der Waals surface area contributed by atoms with Crippen LogP contribution in [0, 0.1) is 5.41 Å². The maximum atomic E-state index is 7.24. The van der Waals surface area contributed by atoms with Gasteiger partial charge in [0.1, 0.15) is 0 Å². The third-order valence-electron chi connectivity index (χ3n) is 1.01. The van der Waals surface area contributed by atoms with E-state index in [1.54, 1.807) is 0 Å². The molecule has 0 aliphatic heterocycles. The standard InChI is InChI=1S/C5H12B2NP/c1-9-5(8)3-2-4-7-6/h2-3,7-9H,4,6H2,1H3/b3-2+,8-5?. The number of hydrogen-bond acceptors (Lipinski definition) is 1. The average molecular weight is 139 g/mol. The Morgan fingerprint density at radius 2 is 2.56 bits per heavy atom. The van der Waals surface area contributed by atoms with Crippen LogP contribution in [0.1, 0.15) is 0 Å². The van der Waals surface area contributed by atoms with Crippen molar-refractivity contribution in [1.82, 2.24) is 0 Å². The molecule has 0 fully saturated rings. The second kappa shape index (κ2) is 6.10. The molecule has 1 atom stereocenters. The van der Waals surface area contributed by atoms with Crippen molar-refractivity contribution in [3.63, 3.8) is 0 Å². The zero-order valence-corrected chi connectivity index (χ0v) is 7.07. The lowest BCUT2D eigenvalue weighted by atomic mass is 9.54. The predicted octanol–water partition coefficient (Wildman–Crippen LogP) is 0.231. The molecule has 0 radical (unpaired) electrons. The van der Waals surface area contributed by atoms with Crippen LogP contribution in [0.2, 0.25) is 6.32 Å². The van der Waals surface area contributed by atoms with Crippen molar-refractivity contribution in [2.75, 3.05) is 6.66 Å². The average Bonchev–Trinajstić information content (AvgIpc) is 1.89. The summed E-state index contributed by atoms with van der Waals surface area (Å²) < 4.78 is 0. The van der Waals surface area contributed by atoms with Crippen molar-refractivity contribution >= 4 is 28.9 Å². The molecule has 0 aliphatic carbocycles. The highest BCUT2D eigenvalue weighted by Crippen LogP contribution is 2.04. The maximum absolute atomic E-state index is 7.24. The molecule has 9 heavy (non-hydrogen) atoms. The maximum Gasteiger partial charge on any atom is 0.0868 e. The van der Waals surface area contributed by atoms with Gasteiger partial charge in [-0.2, -0.15) is 0 Å². The number of hydrogen-bond donors (Lipinski definition) is 1. The zero-order valence-electron chi connectivity index (χ0n) is 6.07. The van der Waals surface area contributed by atoms with Gasteiger partial charge in [0, 0.05) is 0 Å². The molecule has 48 valence electrons. The monoisotopic (exact) mass is 139 g/mol. The van der Waals surface area contributed by atoms with Crippen LogP contribution in [0.5, 0.6) is 0 Å². The molecule has 1 N–H and O–H groups in total. The first-order chi connectivity index (χ1) is 4.31. The van der Waals surface area contributed by atoms with Gasteiger partial charge in [-0.25, -0.2) is 0 Å². The van der Waals surface area contributed by atoms with E-state index in [0.717, 1.165) is 11.8 Å². The van der Waals surface area contributed by atoms with Crippen LogP contribution in [-0.2, 0) is 0 Å². The molecule has 1 nitrogen and oxygen atoms in total. The third kappa shape index (κ3) is 5.85. The topological polar surface area (TPSA) is 23.9 Å². The van der Waals surface area contributed by atoms with E-state index in [4.69, 9.17) is 5.41 Å². The van der Waals surface area contributed by atoms with Crippen molar-refractivity contribution in [1.29, 1.82) is 5.41 Å². The zero-order chi connectivity index (χ0) is 7.11. The highest BCUT2D eigenvalue weighted by atomic mass is 31.1. The van der Waals surface area contributed by atoms with Crippen LogP contribution in [0.3, 0.4) is 0 Å². The molecule has 0 spiro atoms. The van der Waals surface area contributed by atoms with Gasteiger partial charge in [-0.05, 0) is 12.7 Å². The molecule has 0 bridgehead atoms. The Bertz CT molecular complexity index is 114. The summed E-state index contributed by atoms with van der Waals surface area (Å²) in [6, 6.07) is 0. The largest absolute Gasteiger partial charge is 0.301 e. The molecule has 0 aromatic rings. The van der Waals surface area contributed by atoms with E-state index in [1.807, 2.05) is 12.7 Å². The van der Waals surface area contributed by atoms with Crippen LogP contribution in [0.25, 0.3) is 0 Å². The molecular weight excluding hydrogens is 127 g/mol. The summed E-state index contributed by atoms with van der Waals surface area (Å²) in [5.41, 5.74) is 0.753. The summed E-state index contributed by atoms with van der Waals surface area (Å²) in [7, 11) is 3.96. The van der Waals surface area contributed by atoms with Gasteiger partial charge < -0.3 is 5.41 Å². The predicted molar refractivity (Wildman–Crippen MR) is 51.6 cm³/mol. The van der Waals surface area contributed by atoms with Gasteiger partial charge in [0.05, 0.1) is 20.4 Å². The van der Waals surface area contributed by atoms with Gasteiger partial charge in [0.25, 0.3) is 0 Å². The van der Waals surface area contributed by atoms with Crippen molar-refractivity contribution in [2.45, 2.75) is 6.32 Å². The van der Waals surface area contributed by atoms with Gasteiger partial charge in [0.2, 0.25) is 0 Å². The molecule has 1 unspecified atom stereocenters. The number of nitrogens with one attached hydrogen (secondary N) is 1. The summed E-state index contributed by atoms with van der Waals surface area (Å²) in [5, 5.41) is 7.24. The second-order valence-electron chi connectivity index (χ2n) is 1.85. The summed E-state index contributed by atoms with van der Waals surface area (Å²) in [6.45, 7) is 2.03. The Labute approximate surface area is 60.2 Å². The Balaban J connectivity index is 3.32. The highest BCUT2D eigenvalue weighted by Gasteiger charge is 1.81. The lowest BCUT2D eigenvalue weighted by Crippen LogP contribution is -1.83. The Kier molecular flexibility index (Phi) is 6.07. The van der Waals surface area contributed by atoms with Crippen molar-refractivity contribution in [3.8, 4) is 0 Å². The number of allylic oxidation sites excluding steroid dienone is 2. The smallest absolute Gasteiger partial charge is 0.0868 e. The van der Waals surface area contributed by atoms with Gasteiger partial charge in [-0.3, -0.25) is 0 Å².